The Bertz CT molecular complexity index is 720. The summed E-state index contributed by atoms with van der Waals surface area (Å²) in [6.45, 7) is 1.65. The average Bonchev–Trinajstić information content (AvgIpc) is 3.11. The van der Waals surface area contributed by atoms with Crippen molar-refractivity contribution in [1.82, 2.24) is 9.88 Å². The number of nitrogens with zero attached hydrogens (tertiary/aromatic N) is 2. The second-order valence-electron chi connectivity index (χ2n) is 5.88. The number of benzene rings is 1. The minimum atomic E-state index is -0.161. The first kappa shape index (κ1) is 16.0. The lowest BCUT2D eigenvalue weighted by Gasteiger charge is -2.15. The number of rotatable bonds is 4. The van der Waals surface area contributed by atoms with Gasteiger partial charge in [0.2, 0.25) is 5.91 Å². The van der Waals surface area contributed by atoms with E-state index < -0.39 is 0 Å². The maximum absolute atomic E-state index is 12.3. The lowest BCUT2D eigenvalue weighted by molar-refractivity contribution is -0.115. The fraction of sp³-hybridized carbons (Fsp3) is 0.278. The van der Waals surface area contributed by atoms with E-state index in [0.29, 0.717) is 22.6 Å². The highest BCUT2D eigenvalue weighted by molar-refractivity contribution is 5.96. The molecule has 2 amide bonds. The third kappa shape index (κ3) is 3.90. The summed E-state index contributed by atoms with van der Waals surface area (Å²) in [7, 11) is 0. The normalized spacial score (nSPS) is 13.8. The molecule has 2 aromatic rings. The van der Waals surface area contributed by atoms with Crippen molar-refractivity contribution in [3.05, 3.63) is 53.9 Å². The highest BCUT2D eigenvalue weighted by Crippen LogP contribution is 2.15. The van der Waals surface area contributed by atoms with Crippen molar-refractivity contribution in [2.45, 2.75) is 19.3 Å². The van der Waals surface area contributed by atoms with E-state index in [1.54, 1.807) is 36.4 Å². The minimum absolute atomic E-state index is 0.0523. The average molecular weight is 324 g/mol. The molecule has 2 heterocycles. The highest BCUT2D eigenvalue weighted by Gasteiger charge is 2.19. The number of likely N-dealkylation sites (tertiary alicyclic amines) is 1. The molecule has 124 valence electrons. The van der Waals surface area contributed by atoms with E-state index in [2.05, 4.69) is 10.3 Å². The first-order valence-electron chi connectivity index (χ1n) is 8.01. The predicted octanol–water partition coefficient (Wildman–Crippen LogP) is 2.08. The number of aromatic nitrogens is 1. The number of hydrogen-bond donors (Lipinski definition) is 2. The Hall–Kier alpha value is -2.89. The van der Waals surface area contributed by atoms with Crippen molar-refractivity contribution in [3.63, 3.8) is 0 Å². The van der Waals surface area contributed by atoms with Gasteiger partial charge in [-0.3, -0.25) is 14.6 Å². The molecule has 1 saturated heterocycles. The van der Waals surface area contributed by atoms with Crippen molar-refractivity contribution in [3.8, 4) is 0 Å². The topological polar surface area (TPSA) is 88.3 Å². The molecule has 0 bridgehead atoms. The Labute approximate surface area is 140 Å². The first-order chi connectivity index (χ1) is 11.6. The first-order valence-corrected chi connectivity index (χ1v) is 8.01. The molecule has 0 atom stereocenters. The standard InChI is InChI=1S/C18H20N4O2/c19-14-5-8-16(20-12-14)11-17(23)21-15-6-3-13(4-7-15)18(24)22-9-1-2-10-22/h3-8,12H,1-2,9-11,19H2,(H,21,23). The Balaban J connectivity index is 1.58. The molecule has 1 fully saturated rings. The van der Waals surface area contributed by atoms with Crippen LogP contribution in [0.1, 0.15) is 28.9 Å². The van der Waals surface area contributed by atoms with Gasteiger partial charge in [-0.25, -0.2) is 0 Å². The zero-order chi connectivity index (χ0) is 16.9. The molecule has 0 unspecified atom stereocenters. The summed E-state index contributed by atoms with van der Waals surface area (Å²) in [5, 5.41) is 2.81. The summed E-state index contributed by atoms with van der Waals surface area (Å²) in [4.78, 5) is 30.3. The van der Waals surface area contributed by atoms with Gasteiger partial charge in [-0.1, -0.05) is 0 Å². The Kier molecular flexibility index (Phi) is 4.74. The van der Waals surface area contributed by atoms with Crippen LogP contribution in [0.25, 0.3) is 0 Å². The third-order valence-electron chi connectivity index (χ3n) is 4.00. The van der Waals surface area contributed by atoms with Gasteiger partial charge in [0.25, 0.3) is 5.91 Å². The molecule has 0 aliphatic carbocycles. The lowest BCUT2D eigenvalue weighted by atomic mass is 10.1. The minimum Gasteiger partial charge on any atom is -0.397 e. The molecular formula is C18H20N4O2. The van der Waals surface area contributed by atoms with Crippen molar-refractivity contribution >= 4 is 23.2 Å². The van der Waals surface area contributed by atoms with E-state index in [1.807, 2.05) is 4.90 Å². The molecule has 6 nitrogen and oxygen atoms in total. The molecule has 6 heteroatoms. The number of carbonyl (C=O) groups is 2. The van der Waals surface area contributed by atoms with Crippen LogP contribution in [0, 0.1) is 0 Å². The molecule has 1 aromatic carbocycles. The van der Waals surface area contributed by atoms with Gasteiger partial charge < -0.3 is 16.0 Å². The quantitative estimate of drug-likeness (QED) is 0.901. The van der Waals surface area contributed by atoms with Crippen LogP contribution in [0.4, 0.5) is 11.4 Å². The second-order valence-corrected chi connectivity index (χ2v) is 5.88. The van der Waals surface area contributed by atoms with Crippen LogP contribution in [-0.2, 0) is 11.2 Å². The van der Waals surface area contributed by atoms with E-state index in [0.717, 1.165) is 25.9 Å². The molecule has 0 spiro atoms. The van der Waals surface area contributed by atoms with E-state index in [9.17, 15) is 9.59 Å². The largest absolute Gasteiger partial charge is 0.397 e. The van der Waals surface area contributed by atoms with Crippen LogP contribution < -0.4 is 11.1 Å². The van der Waals surface area contributed by atoms with Gasteiger partial charge in [-0.05, 0) is 49.2 Å². The van der Waals surface area contributed by atoms with Crippen molar-refractivity contribution < 1.29 is 9.59 Å². The Morgan fingerprint density at radius 2 is 1.79 bits per heavy atom. The summed E-state index contributed by atoms with van der Waals surface area (Å²) in [5.41, 5.74) is 8.10. The summed E-state index contributed by atoms with van der Waals surface area (Å²) in [6.07, 6.45) is 3.84. The number of amides is 2. The van der Waals surface area contributed by atoms with Gasteiger partial charge in [0.05, 0.1) is 18.3 Å². The summed E-state index contributed by atoms with van der Waals surface area (Å²) < 4.78 is 0. The molecular weight excluding hydrogens is 304 g/mol. The van der Waals surface area contributed by atoms with Crippen LogP contribution >= 0.6 is 0 Å². The molecule has 3 N–H and O–H groups in total. The van der Waals surface area contributed by atoms with Crippen LogP contribution in [-0.4, -0.2) is 34.8 Å². The smallest absolute Gasteiger partial charge is 0.253 e. The van der Waals surface area contributed by atoms with Crippen LogP contribution in [0.2, 0.25) is 0 Å². The number of nitrogens with one attached hydrogen (secondary N) is 1. The Morgan fingerprint density at radius 1 is 1.08 bits per heavy atom. The molecule has 0 radical (unpaired) electrons. The maximum Gasteiger partial charge on any atom is 0.253 e. The molecule has 0 saturated carbocycles. The SMILES string of the molecule is Nc1ccc(CC(=O)Nc2ccc(C(=O)N3CCCC3)cc2)nc1. The number of hydrogen-bond acceptors (Lipinski definition) is 4. The monoisotopic (exact) mass is 324 g/mol. The van der Waals surface area contributed by atoms with Gasteiger partial charge in [-0.2, -0.15) is 0 Å². The number of pyridine rings is 1. The molecule has 1 aliphatic rings. The van der Waals surface area contributed by atoms with E-state index in [-0.39, 0.29) is 18.2 Å². The van der Waals surface area contributed by atoms with Crippen LogP contribution in [0.5, 0.6) is 0 Å². The maximum atomic E-state index is 12.3. The molecule has 3 rings (SSSR count). The van der Waals surface area contributed by atoms with Crippen molar-refractivity contribution in [2.75, 3.05) is 24.1 Å². The van der Waals surface area contributed by atoms with E-state index in [4.69, 9.17) is 5.73 Å². The highest BCUT2D eigenvalue weighted by atomic mass is 16.2. The van der Waals surface area contributed by atoms with Gasteiger partial charge in [0.15, 0.2) is 0 Å². The van der Waals surface area contributed by atoms with E-state index >= 15 is 0 Å². The van der Waals surface area contributed by atoms with Gasteiger partial charge in [0, 0.05) is 30.0 Å². The zero-order valence-electron chi connectivity index (χ0n) is 13.4. The fourth-order valence-corrected chi connectivity index (χ4v) is 2.71. The number of anilines is 2. The van der Waals surface area contributed by atoms with Crippen molar-refractivity contribution in [1.29, 1.82) is 0 Å². The zero-order valence-corrected chi connectivity index (χ0v) is 13.4. The Morgan fingerprint density at radius 3 is 2.42 bits per heavy atom. The summed E-state index contributed by atoms with van der Waals surface area (Å²) in [5.74, 6) is -0.109. The molecule has 1 aliphatic heterocycles. The van der Waals surface area contributed by atoms with Crippen LogP contribution in [0.3, 0.4) is 0 Å². The van der Waals surface area contributed by atoms with Gasteiger partial charge in [0.1, 0.15) is 0 Å². The van der Waals surface area contributed by atoms with Gasteiger partial charge >= 0.3 is 0 Å². The number of nitrogens with two attached hydrogens (primary N) is 1. The molecule has 1 aromatic heterocycles. The number of carbonyl (C=O) groups excluding carboxylic acids is 2. The lowest BCUT2D eigenvalue weighted by Crippen LogP contribution is -2.27. The third-order valence-corrected chi connectivity index (χ3v) is 4.00. The predicted molar refractivity (Wildman–Crippen MR) is 92.6 cm³/mol. The van der Waals surface area contributed by atoms with Crippen molar-refractivity contribution in [2.24, 2.45) is 0 Å². The summed E-state index contributed by atoms with van der Waals surface area (Å²) >= 11 is 0. The molecule has 24 heavy (non-hydrogen) atoms. The fourth-order valence-electron chi connectivity index (χ4n) is 2.71. The second kappa shape index (κ2) is 7.12. The number of nitrogen functional groups attached to an aromatic ring is 1. The van der Waals surface area contributed by atoms with Crippen LogP contribution in [0.15, 0.2) is 42.6 Å². The van der Waals surface area contributed by atoms with E-state index in [1.165, 1.54) is 6.20 Å². The summed E-state index contributed by atoms with van der Waals surface area (Å²) in [6, 6.07) is 10.4. The van der Waals surface area contributed by atoms with Gasteiger partial charge in [-0.15, -0.1) is 0 Å².